The maximum Gasteiger partial charge on any atom is 0.240 e. The second kappa shape index (κ2) is 10.4. The van der Waals surface area contributed by atoms with Crippen LogP contribution in [0, 0.1) is 12.7 Å². The number of hydrogen-bond acceptors (Lipinski definition) is 5. The van der Waals surface area contributed by atoms with E-state index in [0.717, 1.165) is 10.6 Å². The van der Waals surface area contributed by atoms with Crippen LogP contribution < -0.4 is 10.6 Å². The molecule has 0 aliphatic heterocycles. The van der Waals surface area contributed by atoms with E-state index < -0.39 is 0 Å². The first-order valence-corrected chi connectivity index (χ1v) is 8.11. The SMILES string of the molecule is COCCNCC(=O)Nc1nc(C)c(Cc2ccccc2F)s1.Cl. The number of nitrogens with zero attached hydrogens (tertiary/aromatic N) is 1. The minimum Gasteiger partial charge on any atom is -0.383 e. The van der Waals surface area contributed by atoms with Gasteiger partial charge in [0.2, 0.25) is 5.91 Å². The second-order valence-corrected chi connectivity index (χ2v) is 6.10. The molecule has 8 heteroatoms. The summed E-state index contributed by atoms with van der Waals surface area (Å²) >= 11 is 1.37. The molecule has 0 aliphatic rings. The van der Waals surface area contributed by atoms with E-state index in [1.807, 2.05) is 13.0 Å². The van der Waals surface area contributed by atoms with E-state index in [4.69, 9.17) is 4.74 Å². The highest BCUT2D eigenvalue weighted by molar-refractivity contribution is 7.15. The Hall–Kier alpha value is -1.54. The van der Waals surface area contributed by atoms with E-state index in [1.165, 1.54) is 17.4 Å². The van der Waals surface area contributed by atoms with Crippen LogP contribution in [-0.4, -0.2) is 37.7 Å². The fourth-order valence-corrected chi connectivity index (χ4v) is 3.00. The molecule has 0 bridgehead atoms. The number of carbonyl (C=O) groups is 1. The third-order valence-corrected chi connectivity index (χ3v) is 4.29. The van der Waals surface area contributed by atoms with Crippen LogP contribution in [0.1, 0.15) is 16.1 Å². The lowest BCUT2D eigenvalue weighted by molar-refractivity contribution is -0.115. The minimum absolute atomic E-state index is 0. The number of amides is 1. The van der Waals surface area contributed by atoms with E-state index in [0.29, 0.717) is 30.3 Å². The average molecular weight is 374 g/mol. The molecule has 0 saturated heterocycles. The van der Waals surface area contributed by atoms with Crippen molar-refractivity contribution in [3.63, 3.8) is 0 Å². The first-order chi connectivity index (χ1) is 11.1. The van der Waals surface area contributed by atoms with Crippen molar-refractivity contribution in [2.75, 3.05) is 32.1 Å². The Morgan fingerprint density at radius 1 is 1.38 bits per heavy atom. The summed E-state index contributed by atoms with van der Waals surface area (Å²) in [5.74, 6) is -0.388. The number of aryl methyl sites for hydroxylation is 1. The predicted molar refractivity (Wildman–Crippen MR) is 96.7 cm³/mol. The minimum atomic E-state index is -0.228. The monoisotopic (exact) mass is 373 g/mol. The van der Waals surface area contributed by atoms with Crippen LogP contribution in [0.15, 0.2) is 24.3 Å². The molecule has 2 N–H and O–H groups in total. The molecule has 24 heavy (non-hydrogen) atoms. The number of carbonyl (C=O) groups excluding carboxylic acids is 1. The van der Waals surface area contributed by atoms with Gasteiger partial charge in [0.05, 0.1) is 18.8 Å². The summed E-state index contributed by atoms with van der Waals surface area (Å²) < 4.78 is 18.6. The highest BCUT2D eigenvalue weighted by Crippen LogP contribution is 2.25. The summed E-state index contributed by atoms with van der Waals surface area (Å²) in [6.45, 7) is 3.22. The molecule has 2 rings (SSSR count). The lowest BCUT2D eigenvalue weighted by Crippen LogP contribution is -2.30. The Bertz CT molecular complexity index is 667. The normalized spacial score (nSPS) is 10.3. The zero-order valence-corrected chi connectivity index (χ0v) is 15.2. The maximum absolute atomic E-state index is 13.7. The number of aromatic nitrogens is 1. The summed E-state index contributed by atoms with van der Waals surface area (Å²) in [6, 6.07) is 6.68. The van der Waals surface area contributed by atoms with Crippen LogP contribution in [0.2, 0.25) is 0 Å². The Labute approximate surface area is 151 Å². The molecule has 1 amide bonds. The Kier molecular flexibility index (Phi) is 8.84. The number of anilines is 1. The number of ether oxygens (including phenoxy) is 1. The van der Waals surface area contributed by atoms with Crippen molar-refractivity contribution in [1.82, 2.24) is 10.3 Å². The van der Waals surface area contributed by atoms with Crippen LogP contribution in [0.4, 0.5) is 9.52 Å². The first kappa shape index (κ1) is 20.5. The number of nitrogens with one attached hydrogen (secondary N) is 2. The van der Waals surface area contributed by atoms with Crippen molar-refractivity contribution in [3.8, 4) is 0 Å². The molecular formula is C16H21ClFN3O2S. The van der Waals surface area contributed by atoms with E-state index in [1.54, 1.807) is 19.2 Å². The molecule has 0 fully saturated rings. The topological polar surface area (TPSA) is 63.2 Å². The molecule has 0 spiro atoms. The van der Waals surface area contributed by atoms with Gasteiger partial charge in [-0.05, 0) is 18.6 Å². The van der Waals surface area contributed by atoms with Gasteiger partial charge in [0, 0.05) is 25.0 Å². The van der Waals surface area contributed by atoms with E-state index in [-0.39, 0.29) is 30.7 Å². The quantitative estimate of drug-likeness (QED) is 0.698. The third-order valence-electron chi connectivity index (χ3n) is 3.22. The maximum atomic E-state index is 13.7. The van der Waals surface area contributed by atoms with E-state index in [2.05, 4.69) is 15.6 Å². The molecule has 0 unspecified atom stereocenters. The lowest BCUT2D eigenvalue weighted by atomic mass is 10.1. The standard InChI is InChI=1S/C16H20FN3O2S.ClH/c1-11-14(9-12-5-3-4-6-13(12)17)23-16(19-11)20-15(21)10-18-7-8-22-2;/h3-6,18H,7-10H2,1-2H3,(H,19,20,21);1H. The highest BCUT2D eigenvalue weighted by Gasteiger charge is 2.12. The first-order valence-electron chi connectivity index (χ1n) is 7.29. The molecule has 0 aliphatic carbocycles. The largest absolute Gasteiger partial charge is 0.383 e. The van der Waals surface area contributed by atoms with Crippen molar-refractivity contribution < 1.29 is 13.9 Å². The van der Waals surface area contributed by atoms with Gasteiger partial charge in [-0.3, -0.25) is 4.79 Å². The molecular weight excluding hydrogens is 353 g/mol. The fraction of sp³-hybridized carbons (Fsp3) is 0.375. The number of benzene rings is 1. The molecule has 132 valence electrons. The van der Waals surface area contributed by atoms with Gasteiger partial charge in [0.15, 0.2) is 5.13 Å². The van der Waals surface area contributed by atoms with Gasteiger partial charge in [-0.25, -0.2) is 9.37 Å². The summed E-state index contributed by atoms with van der Waals surface area (Å²) in [5.41, 5.74) is 1.43. The van der Waals surface area contributed by atoms with Crippen LogP contribution in [-0.2, 0) is 16.0 Å². The van der Waals surface area contributed by atoms with Crippen LogP contribution in [0.5, 0.6) is 0 Å². The van der Waals surface area contributed by atoms with Gasteiger partial charge in [-0.2, -0.15) is 0 Å². The zero-order chi connectivity index (χ0) is 16.7. The lowest BCUT2D eigenvalue weighted by Gasteiger charge is -2.03. The van der Waals surface area contributed by atoms with Crippen LogP contribution in [0.25, 0.3) is 0 Å². The van der Waals surface area contributed by atoms with E-state index in [9.17, 15) is 9.18 Å². The number of methoxy groups -OCH3 is 1. The number of rotatable bonds is 8. The van der Waals surface area contributed by atoms with Crippen molar-refractivity contribution in [2.45, 2.75) is 13.3 Å². The zero-order valence-electron chi connectivity index (χ0n) is 13.6. The number of halogens is 2. The van der Waals surface area contributed by atoms with Crippen molar-refractivity contribution in [3.05, 3.63) is 46.2 Å². The Morgan fingerprint density at radius 2 is 2.12 bits per heavy atom. The molecule has 1 aromatic carbocycles. The van der Waals surface area contributed by atoms with Crippen LogP contribution >= 0.6 is 23.7 Å². The molecule has 0 saturated carbocycles. The molecule has 5 nitrogen and oxygen atoms in total. The molecule has 0 radical (unpaired) electrons. The Balaban J connectivity index is 0.00000288. The third kappa shape index (κ3) is 6.16. The summed E-state index contributed by atoms with van der Waals surface area (Å²) in [6.07, 6.45) is 0.470. The second-order valence-electron chi connectivity index (χ2n) is 5.01. The van der Waals surface area contributed by atoms with Gasteiger partial charge in [-0.1, -0.05) is 18.2 Å². The predicted octanol–water partition coefficient (Wildman–Crippen LogP) is 2.78. The fourth-order valence-electron chi connectivity index (χ4n) is 2.00. The smallest absolute Gasteiger partial charge is 0.240 e. The molecule has 1 heterocycles. The van der Waals surface area contributed by atoms with Gasteiger partial charge in [0.25, 0.3) is 0 Å². The highest BCUT2D eigenvalue weighted by atomic mass is 35.5. The van der Waals surface area contributed by atoms with Crippen molar-refractivity contribution >= 4 is 34.8 Å². The van der Waals surface area contributed by atoms with Crippen LogP contribution in [0.3, 0.4) is 0 Å². The summed E-state index contributed by atoms with van der Waals surface area (Å²) in [5, 5.41) is 6.25. The number of hydrogen-bond donors (Lipinski definition) is 2. The number of thiazole rings is 1. The molecule has 0 atom stereocenters. The molecule has 1 aromatic heterocycles. The molecule has 2 aromatic rings. The average Bonchev–Trinajstić information content (AvgIpc) is 2.85. The van der Waals surface area contributed by atoms with Gasteiger partial charge >= 0.3 is 0 Å². The summed E-state index contributed by atoms with van der Waals surface area (Å²) in [4.78, 5) is 17.1. The van der Waals surface area contributed by atoms with Crippen molar-refractivity contribution in [2.24, 2.45) is 0 Å². The van der Waals surface area contributed by atoms with Crippen molar-refractivity contribution in [1.29, 1.82) is 0 Å². The Morgan fingerprint density at radius 3 is 2.83 bits per heavy atom. The van der Waals surface area contributed by atoms with Gasteiger partial charge in [-0.15, -0.1) is 23.7 Å². The van der Waals surface area contributed by atoms with Gasteiger partial charge in [0.1, 0.15) is 5.82 Å². The summed E-state index contributed by atoms with van der Waals surface area (Å²) in [7, 11) is 1.61. The van der Waals surface area contributed by atoms with E-state index >= 15 is 0 Å². The van der Waals surface area contributed by atoms with Gasteiger partial charge < -0.3 is 15.4 Å².